The van der Waals surface area contributed by atoms with Gasteiger partial charge in [-0.3, -0.25) is 0 Å². The number of para-hydroxylation sites is 1. The van der Waals surface area contributed by atoms with Gasteiger partial charge in [-0.25, -0.2) is 3.97 Å². The van der Waals surface area contributed by atoms with Gasteiger partial charge >= 0.3 is 0 Å². The molecule has 2 aromatic heterocycles. The summed E-state index contributed by atoms with van der Waals surface area (Å²) < 4.78 is 34.5. The molecular formula is C28H30N2O3S2. The van der Waals surface area contributed by atoms with E-state index in [1.165, 1.54) is 26.4 Å². The fraction of sp³-hybridized carbons (Fsp3) is 0.357. The molecule has 0 aliphatic carbocycles. The third-order valence-corrected chi connectivity index (χ3v) is 10.7. The van der Waals surface area contributed by atoms with Crippen molar-refractivity contribution < 1.29 is 13.2 Å². The molecule has 182 valence electrons. The van der Waals surface area contributed by atoms with Crippen LogP contribution < -0.4 is 0 Å². The molecule has 5 nitrogen and oxygen atoms in total. The van der Waals surface area contributed by atoms with Crippen LogP contribution in [0.5, 0.6) is 0 Å². The highest BCUT2D eigenvalue weighted by atomic mass is 32.2. The van der Waals surface area contributed by atoms with Gasteiger partial charge in [0.25, 0.3) is 10.0 Å². The summed E-state index contributed by atoms with van der Waals surface area (Å²) in [4.78, 5) is 2.56. The molecule has 1 saturated heterocycles. The van der Waals surface area contributed by atoms with Crippen molar-refractivity contribution in [3.05, 3.63) is 88.9 Å². The molecule has 0 amide bonds. The van der Waals surface area contributed by atoms with Crippen molar-refractivity contribution >= 4 is 32.3 Å². The highest BCUT2D eigenvalue weighted by Crippen LogP contribution is 2.44. The molecular weight excluding hydrogens is 476 g/mol. The predicted molar refractivity (Wildman–Crippen MR) is 140 cm³/mol. The van der Waals surface area contributed by atoms with Gasteiger partial charge in [0.2, 0.25) is 0 Å². The maximum Gasteiger partial charge on any atom is 0.277 e. The van der Waals surface area contributed by atoms with E-state index in [0.29, 0.717) is 4.21 Å². The first kappa shape index (κ1) is 23.0. The highest BCUT2D eigenvalue weighted by Gasteiger charge is 2.42. The lowest BCUT2D eigenvalue weighted by Gasteiger charge is -2.39. The van der Waals surface area contributed by atoms with Crippen LogP contribution >= 0.6 is 11.3 Å². The molecule has 4 heterocycles. The number of aryl methyl sites for hydroxylation is 1. The number of aromatic nitrogens is 1. The molecule has 0 unspecified atom stereocenters. The van der Waals surface area contributed by atoms with Gasteiger partial charge in [-0.2, -0.15) is 8.42 Å². The number of benzene rings is 2. The van der Waals surface area contributed by atoms with Gasteiger partial charge in [0.15, 0.2) is 0 Å². The summed E-state index contributed by atoms with van der Waals surface area (Å²) in [6.07, 6.45) is 6.95. The monoisotopic (exact) mass is 506 g/mol. The number of hydrogen-bond donors (Lipinski definition) is 0. The molecule has 0 bridgehead atoms. The van der Waals surface area contributed by atoms with Gasteiger partial charge in [0.1, 0.15) is 4.21 Å². The van der Waals surface area contributed by atoms with Crippen molar-refractivity contribution in [2.24, 2.45) is 0 Å². The summed E-state index contributed by atoms with van der Waals surface area (Å²) in [5.74, 6) is 0. The molecule has 0 atom stereocenters. The zero-order valence-electron chi connectivity index (χ0n) is 19.7. The Morgan fingerprint density at radius 2 is 1.74 bits per heavy atom. The van der Waals surface area contributed by atoms with Crippen molar-refractivity contribution in [3.63, 3.8) is 0 Å². The third kappa shape index (κ3) is 4.14. The molecule has 2 aliphatic rings. The molecule has 0 saturated carbocycles. The van der Waals surface area contributed by atoms with Gasteiger partial charge in [-0.1, -0.05) is 48.5 Å². The minimum atomic E-state index is -3.57. The van der Waals surface area contributed by atoms with Crippen molar-refractivity contribution in [1.29, 1.82) is 0 Å². The molecule has 2 aromatic carbocycles. The lowest BCUT2D eigenvalue weighted by molar-refractivity contribution is -0.0788. The summed E-state index contributed by atoms with van der Waals surface area (Å²) in [6, 6.07) is 20.0. The van der Waals surface area contributed by atoms with Crippen molar-refractivity contribution in [1.82, 2.24) is 8.87 Å². The number of nitrogens with zero attached hydrogens (tertiary/aromatic N) is 2. The van der Waals surface area contributed by atoms with Crippen LogP contribution in [-0.2, 0) is 33.4 Å². The predicted octanol–water partition coefficient (Wildman–Crippen LogP) is 5.78. The molecule has 4 aromatic rings. The largest absolute Gasteiger partial charge is 0.365 e. The average Bonchev–Trinajstić information content (AvgIpc) is 3.63. The quantitative estimate of drug-likeness (QED) is 0.298. The summed E-state index contributed by atoms with van der Waals surface area (Å²) >= 11 is 1.26. The van der Waals surface area contributed by atoms with Gasteiger partial charge in [0, 0.05) is 24.7 Å². The zero-order chi connectivity index (χ0) is 23.9. The Labute approximate surface area is 211 Å². The Balaban J connectivity index is 1.08. The van der Waals surface area contributed by atoms with Crippen LogP contribution in [0.4, 0.5) is 0 Å². The van der Waals surface area contributed by atoms with E-state index in [2.05, 4.69) is 29.2 Å². The first-order valence-corrected chi connectivity index (χ1v) is 14.7. The molecule has 2 aliphatic heterocycles. The van der Waals surface area contributed by atoms with Crippen LogP contribution in [-0.4, -0.2) is 36.9 Å². The van der Waals surface area contributed by atoms with E-state index in [-0.39, 0.29) is 5.60 Å². The summed E-state index contributed by atoms with van der Waals surface area (Å²) in [7, 11) is -3.57. The molecule has 7 heteroatoms. The SMILES string of the molecule is O=S(=O)(c1cccs1)n1cc(CCCCN2CCC3(CC2)OCc2ccccc23)c2ccccc21. The average molecular weight is 507 g/mol. The lowest BCUT2D eigenvalue weighted by atomic mass is 9.84. The van der Waals surface area contributed by atoms with Crippen LogP contribution in [0, 0.1) is 0 Å². The molecule has 0 N–H and O–H groups in total. The molecule has 6 rings (SSSR count). The number of likely N-dealkylation sites (tertiary alicyclic amines) is 1. The third-order valence-electron chi connectivity index (χ3n) is 7.62. The Hall–Kier alpha value is -2.45. The number of thiophene rings is 1. The minimum Gasteiger partial charge on any atom is -0.365 e. The van der Waals surface area contributed by atoms with Crippen LogP contribution in [0.2, 0.25) is 0 Å². The number of hydrogen-bond acceptors (Lipinski definition) is 5. The second-order valence-corrected chi connectivity index (χ2v) is 12.6. The lowest BCUT2D eigenvalue weighted by Crippen LogP contribution is -2.42. The second kappa shape index (κ2) is 9.21. The highest BCUT2D eigenvalue weighted by molar-refractivity contribution is 7.92. The van der Waals surface area contributed by atoms with Gasteiger partial charge in [-0.05, 0) is 72.9 Å². The van der Waals surface area contributed by atoms with Crippen LogP contribution in [0.3, 0.4) is 0 Å². The summed E-state index contributed by atoms with van der Waals surface area (Å²) in [5, 5.41) is 2.84. The second-order valence-electron chi connectivity index (χ2n) is 9.64. The van der Waals surface area contributed by atoms with Crippen molar-refractivity contribution in [3.8, 4) is 0 Å². The van der Waals surface area contributed by atoms with Crippen molar-refractivity contribution in [2.45, 2.75) is 48.5 Å². The maximum atomic E-state index is 13.2. The van der Waals surface area contributed by atoms with E-state index < -0.39 is 10.0 Å². The Morgan fingerprint density at radius 3 is 2.57 bits per heavy atom. The van der Waals surface area contributed by atoms with Gasteiger partial charge in [-0.15, -0.1) is 11.3 Å². The molecule has 0 radical (unpaired) electrons. The number of unbranched alkanes of at least 4 members (excludes halogenated alkanes) is 1. The number of fused-ring (bicyclic) bond motifs is 3. The summed E-state index contributed by atoms with van der Waals surface area (Å²) in [5.41, 5.74) is 4.53. The van der Waals surface area contributed by atoms with Crippen LogP contribution in [0.15, 0.2) is 76.4 Å². The smallest absolute Gasteiger partial charge is 0.277 e. The Bertz CT molecular complexity index is 1430. The first-order chi connectivity index (χ1) is 17.1. The topological polar surface area (TPSA) is 51.5 Å². The first-order valence-electron chi connectivity index (χ1n) is 12.4. The van der Waals surface area contributed by atoms with Gasteiger partial charge in [0.05, 0.1) is 17.7 Å². The number of piperidine rings is 1. The van der Waals surface area contributed by atoms with E-state index >= 15 is 0 Å². The molecule has 35 heavy (non-hydrogen) atoms. The van der Waals surface area contributed by atoms with E-state index in [4.69, 9.17) is 4.74 Å². The van der Waals surface area contributed by atoms with Crippen molar-refractivity contribution in [2.75, 3.05) is 19.6 Å². The van der Waals surface area contributed by atoms with Crippen LogP contribution in [0.25, 0.3) is 10.9 Å². The number of rotatable bonds is 7. The number of ether oxygens (including phenoxy) is 1. The standard InChI is InChI=1S/C28H30N2O3S2/c31-35(32,27-13-7-19-34-27)30-20-22(24-10-2-4-12-26(24)30)8-5-6-16-29-17-14-28(15-18-29)25-11-3-1-9-23(25)21-33-28/h1-4,7,9-13,19-20H,5-6,8,14-18,21H2. The minimum absolute atomic E-state index is 0.0804. The van der Waals surface area contributed by atoms with E-state index in [1.807, 2.05) is 30.5 Å². The zero-order valence-corrected chi connectivity index (χ0v) is 21.4. The van der Waals surface area contributed by atoms with Gasteiger partial charge < -0.3 is 9.64 Å². The fourth-order valence-electron chi connectivity index (χ4n) is 5.71. The Morgan fingerprint density at radius 1 is 0.943 bits per heavy atom. The van der Waals surface area contributed by atoms with E-state index in [0.717, 1.165) is 74.8 Å². The normalized spacial score (nSPS) is 17.8. The van der Waals surface area contributed by atoms with E-state index in [9.17, 15) is 8.42 Å². The fourth-order valence-corrected chi connectivity index (χ4v) is 8.18. The Kier molecular flexibility index (Phi) is 6.05. The summed E-state index contributed by atoms with van der Waals surface area (Å²) in [6.45, 7) is 3.94. The maximum absolute atomic E-state index is 13.2. The van der Waals surface area contributed by atoms with E-state index in [1.54, 1.807) is 17.5 Å². The molecule has 1 fully saturated rings. The molecule has 1 spiro atoms. The van der Waals surface area contributed by atoms with Crippen LogP contribution in [0.1, 0.15) is 42.4 Å².